The third-order valence-corrected chi connectivity index (χ3v) is 3.29. The summed E-state index contributed by atoms with van der Waals surface area (Å²) in [7, 11) is 0. The first-order chi connectivity index (χ1) is 7.66. The third-order valence-electron chi connectivity index (χ3n) is 2.98. The highest BCUT2D eigenvalue weighted by Gasteiger charge is 2.21. The molecule has 1 atom stereocenters. The number of carbonyl (C=O) groups excluding carboxylic acids is 1. The highest BCUT2D eigenvalue weighted by Crippen LogP contribution is 2.16. The zero-order valence-corrected chi connectivity index (χ0v) is 10.2. The lowest BCUT2D eigenvalue weighted by Crippen LogP contribution is -2.40. The zero-order valence-electron chi connectivity index (χ0n) is 9.40. The first kappa shape index (κ1) is 11.5. The van der Waals surface area contributed by atoms with E-state index in [1.807, 2.05) is 4.90 Å². The summed E-state index contributed by atoms with van der Waals surface area (Å²) < 4.78 is 1.67. The molecule has 4 nitrogen and oxygen atoms in total. The van der Waals surface area contributed by atoms with Crippen LogP contribution in [0.4, 0.5) is 0 Å². The molecule has 1 saturated heterocycles. The standard InChI is InChI=1S/C11H16ClN3O/c1-9-3-2-5-14(7-9)10(16)8-15-6-4-13-11(15)12/h4,6,9H,2-3,5,7-8H2,1H3. The van der Waals surface area contributed by atoms with E-state index >= 15 is 0 Å². The van der Waals surface area contributed by atoms with Gasteiger partial charge in [-0.2, -0.15) is 0 Å². The van der Waals surface area contributed by atoms with Gasteiger partial charge < -0.3 is 9.47 Å². The van der Waals surface area contributed by atoms with Crippen LogP contribution < -0.4 is 0 Å². The van der Waals surface area contributed by atoms with Crippen molar-refractivity contribution in [2.45, 2.75) is 26.3 Å². The zero-order chi connectivity index (χ0) is 11.5. The second-order valence-electron chi connectivity index (χ2n) is 4.41. The molecule has 0 aromatic carbocycles. The summed E-state index contributed by atoms with van der Waals surface area (Å²) in [4.78, 5) is 17.8. The van der Waals surface area contributed by atoms with Crippen LogP contribution in [0.15, 0.2) is 12.4 Å². The van der Waals surface area contributed by atoms with Crippen molar-refractivity contribution < 1.29 is 4.79 Å². The lowest BCUT2D eigenvalue weighted by molar-refractivity contribution is -0.133. The van der Waals surface area contributed by atoms with Gasteiger partial charge in [-0.05, 0) is 30.4 Å². The molecule has 1 aromatic rings. The molecule has 16 heavy (non-hydrogen) atoms. The maximum atomic E-state index is 12.0. The fourth-order valence-corrected chi connectivity index (χ4v) is 2.26. The second-order valence-corrected chi connectivity index (χ2v) is 4.75. The Morgan fingerprint density at radius 3 is 3.12 bits per heavy atom. The minimum absolute atomic E-state index is 0.131. The maximum Gasteiger partial charge on any atom is 0.242 e. The molecule has 1 unspecified atom stereocenters. The van der Waals surface area contributed by atoms with Crippen molar-refractivity contribution >= 4 is 17.5 Å². The summed E-state index contributed by atoms with van der Waals surface area (Å²) in [6.07, 6.45) is 5.65. The van der Waals surface area contributed by atoms with Crippen LogP contribution in [0, 0.1) is 5.92 Å². The van der Waals surface area contributed by atoms with E-state index in [-0.39, 0.29) is 5.91 Å². The minimum Gasteiger partial charge on any atom is -0.341 e. The van der Waals surface area contributed by atoms with E-state index in [0.29, 0.717) is 17.7 Å². The van der Waals surface area contributed by atoms with Crippen LogP contribution in [0.1, 0.15) is 19.8 Å². The van der Waals surface area contributed by atoms with Gasteiger partial charge in [0, 0.05) is 25.5 Å². The number of nitrogens with zero attached hydrogens (tertiary/aromatic N) is 3. The number of amides is 1. The molecule has 1 aromatic heterocycles. The normalized spacial score (nSPS) is 21.1. The van der Waals surface area contributed by atoms with Gasteiger partial charge in [0.05, 0.1) is 0 Å². The van der Waals surface area contributed by atoms with Gasteiger partial charge in [0.2, 0.25) is 11.2 Å². The van der Waals surface area contributed by atoms with Crippen LogP contribution in [0.5, 0.6) is 0 Å². The van der Waals surface area contributed by atoms with Crippen LogP contribution in [-0.2, 0) is 11.3 Å². The van der Waals surface area contributed by atoms with Crippen molar-refractivity contribution in [2.75, 3.05) is 13.1 Å². The molecule has 1 aliphatic rings. The Morgan fingerprint density at radius 1 is 1.69 bits per heavy atom. The van der Waals surface area contributed by atoms with E-state index in [2.05, 4.69) is 11.9 Å². The number of likely N-dealkylation sites (tertiary alicyclic amines) is 1. The SMILES string of the molecule is CC1CCCN(C(=O)Cn2ccnc2Cl)C1. The lowest BCUT2D eigenvalue weighted by Gasteiger charge is -2.31. The molecular formula is C11H16ClN3O. The molecule has 0 radical (unpaired) electrons. The molecule has 5 heteroatoms. The second kappa shape index (κ2) is 4.87. The van der Waals surface area contributed by atoms with Gasteiger partial charge in [0.25, 0.3) is 0 Å². The van der Waals surface area contributed by atoms with Gasteiger partial charge in [0.1, 0.15) is 6.54 Å². The summed E-state index contributed by atoms with van der Waals surface area (Å²) in [6, 6.07) is 0. The van der Waals surface area contributed by atoms with Crippen molar-refractivity contribution in [3.63, 3.8) is 0 Å². The molecule has 0 saturated carbocycles. The van der Waals surface area contributed by atoms with Gasteiger partial charge in [-0.1, -0.05) is 6.92 Å². The van der Waals surface area contributed by atoms with E-state index in [0.717, 1.165) is 19.5 Å². The molecule has 0 spiro atoms. The Balaban J connectivity index is 1.95. The quantitative estimate of drug-likeness (QED) is 0.792. The van der Waals surface area contributed by atoms with Crippen molar-refractivity contribution in [3.05, 3.63) is 17.7 Å². The summed E-state index contributed by atoms with van der Waals surface area (Å²) >= 11 is 5.83. The first-order valence-corrected chi connectivity index (χ1v) is 5.99. The van der Waals surface area contributed by atoms with Crippen LogP contribution in [0.3, 0.4) is 0 Å². The molecule has 1 amide bonds. The van der Waals surface area contributed by atoms with E-state index in [1.54, 1.807) is 17.0 Å². The third kappa shape index (κ3) is 2.55. The molecule has 0 N–H and O–H groups in total. The average molecular weight is 242 g/mol. The smallest absolute Gasteiger partial charge is 0.242 e. The van der Waals surface area contributed by atoms with Gasteiger partial charge in [0.15, 0.2) is 0 Å². The topological polar surface area (TPSA) is 38.1 Å². The number of piperidine rings is 1. The number of hydrogen-bond donors (Lipinski definition) is 0. The molecule has 0 bridgehead atoms. The monoisotopic (exact) mass is 241 g/mol. The van der Waals surface area contributed by atoms with Gasteiger partial charge in [-0.25, -0.2) is 4.98 Å². The predicted octanol–water partition coefficient (Wildman–Crippen LogP) is 1.79. The Labute approximate surface area is 100 Å². The Morgan fingerprint density at radius 2 is 2.50 bits per heavy atom. The van der Waals surface area contributed by atoms with E-state index in [1.165, 1.54) is 6.42 Å². The molecule has 2 rings (SSSR count). The fourth-order valence-electron chi connectivity index (χ4n) is 2.09. The molecule has 1 aliphatic heterocycles. The number of halogens is 1. The Kier molecular flexibility index (Phi) is 3.49. The molecule has 2 heterocycles. The maximum absolute atomic E-state index is 12.0. The Bertz CT molecular complexity index is 377. The van der Waals surface area contributed by atoms with Crippen LogP contribution in [0.25, 0.3) is 0 Å². The minimum atomic E-state index is 0.131. The molecule has 88 valence electrons. The van der Waals surface area contributed by atoms with Gasteiger partial charge in [-0.15, -0.1) is 0 Å². The highest BCUT2D eigenvalue weighted by molar-refractivity contribution is 6.28. The summed E-state index contributed by atoms with van der Waals surface area (Å²) in [5.74, 6) is 0.738. The van der Waals surface area contributed by atoms with Crippen LogP contribution >= 0.6 is 11.6 Å². The summed E-state index contributed by atoms with van der Waals surface area (Å²) in [5.41, 5.74) is 0. The fraction of sp³-hybridized carbons (Fsp3) is 0.636. The number of imidazole rings is 1. The lowest BCUT2D eigenvalue weighted by atomic mass is 10.0. The van der Waals surface area contributed by atoms with Gasteiger partial charge >= 0.3 is 0 Å². The van der Waals surface area contributed by atoms with Crippen molar-refractivity contribution in [1.82, 2.24) is 14.5 Å². The summed E-state index contributed by atoms with van der Waals surface area (Å²) in [6.45, 7) is 4.22. The number of rotatable bonds is 2. The number of hydrogen-bond acceptors (Lipinski definition) is 2. The average Bonchev–Trinajstić information content (AvgIpc) is 2.64. The van der Waals surface area contributed by atoms with E-state index in [4.69, 9.17) is 11.6 Å². The molecule has 0 aliphatic carbocycles. The number of carbonyl (C=O) groups is 1. The molecular weight excluding hydrogens is 226 g/mol. The van der Waals surface area contributed by atoms with Crippen LogP contribution in [0.2, 0.25) is 5.28 Å². The Hall–Kier alpha value is -1.03. The van der Waals surface area contributed by atoms with E-state index < -0.39 is 0 Å². The van der Waals surface area contributed by atoms with Crippen molar-refractivity contribution in [1.29, 1.82) is 0 Å². The highest BCUT2D eigenvalue weighted by atomic mass is 35.5. The van der Waals surface area contributed by atoms with Gasteiger partial charge in [-0.3, -0.25) is 4.79 Å². The van der Waals surface area contributed by atoms with Crippen molar-refractivity contribution in [2.24, 2.45) is 5.92 Å². The van der Waals surface area contributed by atoms with E-state index in [9.17, 15) is 4.79 Å². The summed E-state index contributed by atoms with van der Waals surface area (Å²) in [5, 5.41) is 0.374. The van der Waals surface area contributed by atoms with Crippen molar-refractivity contribution in [3.8, 4) is 0 Å². The first-order valence-electron chi connectivity index (χ1n) is 5.61. The van der Waals surface area contributed by atoms with Crippen LogP contribution in [-0.4, -0.2) is 33.4 Å². The molecule has 1 fully saturated rings. The predicted molar refractivity (Wildman–Crippen MR) is 62.2 cm³/mol. The number of aromatic nitrogens is 2. The largest absolute Gasteiger partial charge is 0.341 e.